The summed E-state index contributed by atoms with van der Waals surface area (Å²) in [5.74, 6) is -0.929. The molecular weight excluding hydrogens is 541 g/mol. The van der Waals surface area contributed by atoms with Gasteiger partial charge in [-0.15, -0.1) is 0 Å². The molecule has 4 aromatic rings. The van der Waals surface area contributed by atoms with Gasteiger partial charge in [-0.25, -0.2) is 14.2 Å². The van der Waals surface area contributed by atoms with Crippen LogP contribution in [0.2, 0.25) is 0 Å². The van der Waals surface area contributed by atoms with E-state index in [1.165, 1.54) is 6.07 Å². The molecule has 0 saturated carbocycles. The number of amides is 2. The number of anilines is 2. The minimum atomic E-state index is -0.572. The van der Waals surface area contributed by atoms with Gasteiger partial charge in [0.25, 0.3) is 5.91 Å². The first-order chi connectivity index (χ1) is 20.0. The van der Waals surface area contributed by atoms with Crippen LogP contribution in [0, 0.1) is 12.7 Å². The molecule has 3 aromatic heterocycles. The van der Waals surface area contributed by atoms with E-state index in [0.717, 1.165) is 24.0 Å². The summed E-state index contributed by atoms with van der Waals surface area (Å²) in [5, 5.41) is 8.36. The first kappa shape index (κ1) is 29.3. The third-order valence-corrected chi connectivity index (χ3v) is 7.27. The molecular formula is C30H38FN7O4. The van der Waals surface area contributed by atoms with Gasteiger partial charge in [0, 0.05) is 62.5 Å². The molecule has 1 aliphatic heterocycles. The molecule has 4 heterocycles. The summed E-state index contributed by atoms with van der Waals surface area (Å²) in [6, 6.07) is 4.91. The summed E-state index contributed by atoms with van der Waals surface area (Å²) in [4.78, 5) is 34.6. The number of fused-ring (bicyclic) bond motifs is 2. The van der Waals surface area contributed by atoms with Crippen LogP contribution >= 0.6 is 0 Å². The number of likely N-dealkylation sites (N-methyl/N-ethyl adjacent to an activating group) is 1. The van der Waals surface area contributed by atoms with Crippen molar-refractivity contribution >= 4 is 39.9 Å². The normalized spacial score (nSPS) is 15.5. The van der Waals surface area contributed by atoms with Crippen LogP contribution in [0.3, 0.4) is 0 Å². The number of aromatic nitrogens is 4. The Morgan fingerprint density at radius 2 is 2.00 bits per heavy atom. The maximum Gasteiger partial charge on any atom is 0.410 e. The van der Waals surface area contributed by atoms with Crippen LogP contribution in [0.4, 0.5) is 20.6 Å². The van der Waals surface area contributed by atoms with Crippen LogP contribution in [0.1, 0.15) is 50.2 Å². The first-order valence-electron chi connectivity index (χ1n) is 14.2. The summed E-state index contributed by atoms with van der Waals surface area (Å²) in [6.45, 7) is 12.2. The average Bonchev–Trinajstić information content (AvgIpc) is 3.64. The van der Waals surface area contributed by atoms with E-state index in [0.29, 0.717) is 48.7 Å². The number of methoxy groups -OCH3 is 1. The SMILES string of the molecule is CCN(C(=O)OC(C)(C)C)[C@@H]1CCN(c2ccc(C(=O)Nc3cc(F)c4nc(C)cn4c3)c3nn(CCOC)cc23)C1. The van der Waals surface area contributed by atoms with E-state index < -0.39 is 17.3 Å². The molecule has 1 N–H and O–H groups in total. The Balaban J connectivity index is 1.43. The number of hydrogen-bond donors (Lipinski definition) is 1. The summed E-state index contributed by atoms with van der Waals surface area (Å²) in [6.07, 6.45) is 5.72. The lowest BCUT2D eigenvalue weighted by atomic mass is 10.1. The van der Waals surface area contributed by atoms with Crippen LogP contribution in [0.25, 0.3) is 16.6 Å². The monoisotopic (exact) mass is 579 g/mol. The highest BCUT2D eigenvalue weighted by Crippen LogP contribution is 2.33. The fourth-order valence-corrected chi connectivity index (χ4v) is 5.42. The molecule has 11 nitrogen and oxygen atoms in total. The molecule has 2 amide bonds. The molecule has 1 atom stereocenters. The van der Waals surface area contributed by atoms with Crippen molar-refractivity contribution in [2.24, 2.45) is 0 Å². The minimum Gasteiger partial charge on any atom is -0.444 e. The van der Waals surface area contributed by atoms with E-state index in [9.17, 15) is 14.0 Å². The van der Waals surface area contributed by atoms with Crippen LogP contribution in [-0.2, 0) is 16.0 Å². The van der Waals surface area contributed by atoms with Crippen molar-refractivity contribution in [3.8, 4) is 0 Å². The predicted octanol–water partition coefficient (Wildman–Crippen LogP) is 4.87. The van der Waals surface area contributed by atoms with Gasteiger partial charge < -0.3 is 29.0 Å². The maximum atomic E-state index is 14.7. The number of nitrogens with zero attached hydrogens (tertiary/aromatic N) is 6. The van der Waals surface area contributed by atoms with E-state index in [4.69, 9.17) is 14.6 Å². The van der Waals surface area contributed by atoms with Crippen LogP contribution < -0.4 is 10.2 Å². The van der Waals surface area contributed by atoms with Crippen molar-refractivity contribution in [3.05, 3.63) is 53.9 Å². The third-order valence-electron chi connectivity index (χ3n) is 7.27. The Morgan fingerprint density at radius 3 is 2.71 bits per heavy atom. The van der Waals surface area contributed by atoms with Gasteiger partial charge in [-0.3, -0.25) is 9.48 Å². The molecule has 12 heteroatoms. The Labute approximate surface area is 244 Å². The highest BCUT2D eigenvalue weighted by molar-refractivity contribution is 6.14. The fraction of sp³-hybridized carbons (Fsp3) is 0.467. The number of imidazole rings is 1. The van der Waals surface area contributed by atoms with Gasteiger partial charge in [0.05, 0.1) is 36.1 Å². The lowest BCUT2D eigenvalue weighted by molar-refractivity contribution is 0.0190. The topological polar surface area (TPSA) is 106 Å². The second-order valence-electron chi connectivity index (χ2n) is 11.6. The lowest BCUT2D eigenvalue weighted by Gasteiger charge is -2.31. The highest BCUT2D eigenvalue weighted by atomic mass is 19.1. The largest absolute Gasteiger partial charge is 0.444 e. The molecule has 0 radical (unpaired) electrons. The number of carbonyl (C=O) groups excluding carboxylic acids is 2. The molecule has 5 rings (SSSR count). The zero-order valence-electron chi connectivity index (χ0n) is 25.0. The zero-order valence-corrected chi connectivity index (χ0v) is 25.0. The quantitative estimate of drug-likeness (QED) is 0.318. The van der Waals surface area contributed by atoms with Crippen LogP contribution in [0.15, 0.2) is 36.8 Å². The molecule has 0 unspecified atom stereocenters. The van der Waals surface area contributed by atoms with Crippen molar-refractivity contribution in [2.75, 3.05) is 43.6 Å². The predicted molar refractivity (Wildman–Crippen MR) is 159 cm³/mol. The minimum absolute atomic E-state index is 0.0111. The number of pyridine rings is 1. The van der Waals surface area contributed by atoms with Gasteiger partial charge in [0.1, 0.15) is 11.1 Å². The number of carbonyl (C=O) groups is 2. The molecule has 0 spiro atoms. The van der Waals surface area contributed by atoms with Gasteiger partial charge in [0.2, 0.25) is 0 Å². The number of rotatable bonds is 8. The van der Waals surface area contributed by atoms with E-state index >= 15 is 0 Å². The smallest absolute Gasteiger partial charge is 0.410 e. The molecule has 1 aliphatic rings. The van der Waals surface area contributed by atoms with Crippen molar-refractivity contribution < 1.29 is 23.5 Å². The Kier molecular flexibility index (Phi) is 8.09. The Morgan fingerprint density at radius 1 is 1.21 bits per heavy atom. The standard InChI is InChI=1S/C30H38FN7O4/c1-7-38(29(40)42-30(3,4)5)21-10-11-35(17-21)25-9-8-22(26-23(25)18-37(34-26)12-13-41-6)28(39)33-20-14-24(31)27-32-19(2)15-36(27)16-20/h8-9,14-16,18,21H,7,10-13,17H2,1-6H3,(H,33,39)/t21-/m1/s1. The number of aryl methyl sites for hydroxylation is 1. The molecule has 1 aromatic carbocycles. The van der Waals surface area contributed by atoms with Gasteiger partial charge in [-0.2, -0.15) is 5.10 Å². The van der Waals surface area contributed by atoms with Crippen molar-refractivity contribution in [1.82, 2.24) is 24.1 Å². The first-order valence-corrected chi connectivity index (χ1v) is 14.2. The third kappa shape index (κ3) is 6.03. The molecule has 0 aliphatic carbocycles. The Bertz CT molecular complexity index is 1620. The number of benzene rings is 1. The fourth-order valence-electron chi connectivity index (χ4n) is 5.42. The number of halogens is 1. The summed E-state index contributed by atoms with van der Waals surface area (Å²) in [5.41, 5.74) is 2.44. The Hall–Kier alpha value is -4.19. The number of nitrogens with one attached hydrogen (secondary N) is 1. The van der Waals surface area contributed by atoms with E-state index in [1.807, 2.05) is 40.0 Å². The van der Waals surface area contributed by atoms with E-state index in [-0.39, 0.29) is 17.8 Å². The highest BCUT2D eigenvalue weighted by Gasteiger charge is 2.33. The molecule has 1 saturated heterocycles. The van der Waals surface area contributed by atoms with Gasteiger partial charge in [-0.1, -0.05) is 0 Å². The van der Waals surface area contributed by atoms with Gasteiger partial charge in [-0.05, 0) is 53.2 Å². The average molecular weight is 580 g/mol. The maximum absolute atomic E-state index is 14.7. The molecule has 42 heavy (non-hydrogen) atoms. The lowest BCUT2D eigenvalue weighted by Crippen LogP contribution is -2.44. The van der Waals surface area contributed by atoms with Gasteiger partial charge in [0.15, 0.2) is 11.5 Å². The van der Waals surface area contributed by atoms with E-state index in [1.54, 1.807) is 46.5 Å². The summed E-state index contributed by atoms with van der Waals surface area (Å²) >= 11 is 0. The van der Waals surface area contributed by atoms with Crippen molar-refractivity contribution in [3.63, 3.8) is 0 Å². The van der Waals surface area contributed by atoms with Gasteiger partial charge >= 0.3 is 6.09 Å². The zero-order chi connectivity index (χ0) is 30.2. The van der Waals surface area contributed by atoms with E-state index in [2.05, 4.69) is 15.2 Å². The van der Waals surface area contributed by atoms with Crippen molar-refractivity contribution in [2.45, 2.75) is 59.2 Å². The number of hydrogen-bond acceptors (Lipinski definition) is 7. The molecule has 0 bridgehead atoms. The van der Waals surface area contributed by atoms with Crippen LogP contribution in [-0.4, -0.2) is 81.1 Å². The molecule has 1 fully saturated rings. The van der Waals surface area contributed by atoms with Crippen molar-refractivity contribution in [1.29, 1.82) is 0 Å². The summed E-state index contributed by atoms with van der Waals surface area (Å²) < 4.78 is 28.9. The van der Waals surface area contributed by atoms with Crippen LogP contribution in [0.5, 0.6) is 0 Å². The summed E-state index contributed by atoms with van der Waals surface area (Å²) in [7, 11) is 1.62. The second-order valence-corrected chi connectivity index (χ2v) is 11.6. The number of ether oxygens (including phenoxy) is 2. The molecule has 224 valence electrons. The second kappa shape index (κ2) is 11.6.